The Bertz CT molecular complexity index is 688. The van der Waals surface area contributed by atoms with Crippen molar-refractivity contribution in [2.75, 3.05) is 18.5 Å². The average molecular weight is 399 g/mol. The summed E-state index contributed by atoms with van der Waals surface area (Å²) in [6.07, 6.45) is 13.3. The summed E-state index contributed by atoms with van der Waals surface area (Å²) in [6.45, 7) is 5.28. The van der Waals surface area contributed by atoms with E-state index in [1.165, 1.54) is 51.4 Å². The number of nitrogens with one attached hydrogen (secondary N) is 1. The number of rotatable bonds is 15. The van der Waals surface area contributed by atoms with E-state index >= 15 is 0 Å². The van der Waals surface area contributed by atoms with Gasteiger partial charge in [-0.2, -0.15) is 0 Å². The first-order valence-electron chi connectivity index (χ1n) is 11.3. The van der Waals surface area contributed by atoms with Gasteiger partial charge in [-0.05, 0) is 48.7 Å². The Labute approximate surface area is 176 Å². The predicted molar refractivity (Wildman–Crippen MR) is 123 cm³/mol. The third kappa shape index (κ3) is 9.80. The van der Waals surface area contributed by atoms with Crippen LogP contribution in [0.3, 0.4) is 0 Å². The minimum Gasteiger partial charge on any atom is -0.494 e. The molecule has 2 rings (SSSR count). The summed E-state index contributed by atoms with van der Waals surface area (Å²) in [5.41, 5.74) is 2.19. The third-order valence-corrected chi connectivity index (χ3v) is 5.02. The molecule has 0 saturated heterocycles. The maximum Gasteiger partial charge on any atom is 0.126 e. The number of benzene rings is 1. The minimum atomic E-state index is -0.404. The molecule has 0 saturated carbocycles. The highest BCUT2D eigenvalue weighted by Gasteiger charge is 2.04. The number of aromatic nitrogens is 1. The van der Waals surface area contributed by atoms with Gasteiger partial charge in [0.2, 0.25) is 0 Å². The van der Waals surface area contributed by atoms with E-state index < -0.39 is 6.10 Å². The van der Waals surface area contributed by atoms with Crippen LogP contribution in [-0.2, 0) is 0 Å². The molecule has 0 amide bonds. The molecule has 2 aromatic rings. The van der Waals surface area contributed by atoms with Crippen LogP contribution in [0.5, 0.6) is 5.75 Å². The van der Waals surface area contributed by atoms with Crippen molar-refractivity contribution in [1.82, 2.24) is 4.98 Å². The van der Waals surface area contributed by atoms with Crippen molar-refractivity contribution in [2.45, 2.75) is 77.7 Å². The van der Waals surface area contributed by atoms with Gasteiger partial charge >= 0.3 is 0 Å². The van der Waals surface area contributed by atoms with Crippen LogP contribution in [0, 0.1) is 0 Å². The van der Waals surface area contributed by atoms with E-state index in [0.717, 1.165) is 35.7 Å². The molecule has 4 heteroatoms. The van der Waals surface area contributed by atoms with Gasteiger partial charge in [-0.25, -0.2) is 4.98 Å². The second-order valence-corrected chi connectivity index (χ2v) is 7.86. The van der Waals surface area contributed by atoms with Gasteiger partial charge in [0, 0.05) is 12.7 Å². The quantitative estimate of drug-likeness (QED) is 0.338. The summed E-state index contributed by atoms with van der Waals surface area (Å²) in [6, 6.07) is 12.2. The number of hydrogen-bond donors (Lipinski definition) is 2. The SMILES string of the molecule is CCCCCCCCCCCOc1cccc(-c2ccnc(NCC(C)O)c2)c1. The molecule has 0 aliphatic heterocycles. The van der Waals surface area contributed by atoms with Gasteiger partial charge in [-0.3, -0.25) is 0 Å². The van der Waals surface area contributed by atoms with Gasteiger partial charge in [0.05, 0.1) is 12.7 Å². The van der Waals surface area contributed by atoms with Crippen molar-refractivity contribution < 1.29 is 9.84 Å². The van der Waals surface area contributed by atoms with E-state index in [1.807, 2.05) is 24.3 Å². The Balaban J connectivity index is 1.72. The largest absolute Gasteiger partial charge is 0.494 e. The second-order valence-electron chi connectivity index (χ2n) is 7.86. The van der Waals surface area contributed by atoms with Gasteiger partial charge in [0.15, 0.2) is 0 Å². The van der Waals surface area contributed by atoms with Crippen molar-refractivity contribution in [1.29, 1.82) is 0 Å². The number of ether oxygens (including phenoxy) is 1. The van der Waals surface area contributed by atoms with Crippen LogP contribution in [0.25, 0.3) is 11.1 Å². The van der Waals surface area contributed by atoms with Gasteiger partial charge in [0.1, 0.15) is 11.6 Å². The molecule has 1 atom stereocenters. The molecular weight excluding hydrogens is 360 g/mol. The van der Waals surface area contributed by atoms with Crippen molar-refractivity contribution in [3.8, 4) is 16.9 Å². The zero-order valence-electron chi connectivity index (χ0n) is 18.2. The second kappa shape index (κ2) is 14.0. The van der Waals surface area contributed by atoms with E-state index in [4.69, 9.17) is 4.74 Å². The van der Waals surface area contributed by atoms with Crippen LogP contribution in [0.2, 0.25) is 0 Å². The maximum atomic E-state index is 9.42. The molecule has 29 heavy (non-hydrogen) atoms. The normalized spacial score (nSPS) is 12.0. The smallest absolute Gasteiger partial charge is 0.126 e. The Hall–Kier alpha value is -2.07. The maximum absolute atomic E-state index is 9.42. The Morgan fingerprint density at radius 2 is 1.62 bits per heavy atom. The van der Waals surface area contributed by atoms with Crippen molar-refractivity contribution in [3.63, 3.8) is 0 Å². The Morgan fingerprint density at radius 1 is 0.931 bits per heavy atom. The molecule has 2 N–H and O–H groups in total. The molecule has 0 bridgehead atoms. The number of pyridine rings is 1. The van der Waals surface area contributed by atoms with Crippen LogP contribution in [-0.4, -0.2) is 29.3 Å². The molecule has 0 spiro atoms. The number of anilines is 1. The molecule has 0 radical (unpaired) electrons. The van der Waals surface area contributed by atoms with Crippen LogP contribution in [0.1, 0.15) is 71.6 Å². The molecule has 160 valence electrons. The molecule has 0 aliphatic carbocycles. The lowest BCUT2D eigenvalue weighted by molar-refractivity contribution is 0.208. The monoisotopic (exact) mass is 398 g/mol. The minimum absolute atomic E-state index is 0.404. The van der Waals surface area contributed by atoms with Gasteiger partial charge in [-0.1, -0.05) is 70.4 Å². The zero-order chi connectivity index (χ0) is 20.7. The van der Waals surface area contributed by atoms with Crippen LogP contribution in [0.15, 0.2) is 42.6 Å². The van der Waals surface area contributed by atoms with Gasteiger partial charge < -0.3 is 15.2 Å². The average Bonchev–Trinajstić information content (AvgIpc) is 2.74. The number of hydrogen-bond acceptors (Lipinski definition) is 4. The van der Waals surface area contributed by atoms with Gasteiger partial charge in [0.25, 0.3) is 0 Å². The number of aliphatic hydroxyl groups excluding tert-OH is 1. The molecule has 1 heterocycles. The molecule has 4 nitrogen and oxygen atoms in total. The van der Waals surface area contributed by atoms with Gasteiger partial charge in [-0.15, -0.1) is 0 Å². The summed E-state index contributed by atoms with van der Waals surface area (Å²) in [5, 5.41) is 12.6. The molecule has 0 aliphatic rings. The highest BCUT2D eigenvalue weighted by molar-refractivity contribution is 5.67. The zero-order valence-corrected chi connectivity index (χ0v) is 18.2. The number of unbranched alkanes of at least 4 members (excludes halogenated alkanes) is 8. The summed E-state index contributed by atoms with van der Waals surface area (Å²) in [4.78, 5) is 4.31. The standard InChI is InChI=1S/C25H38N2O2/c1-3-4-5-6-7-8-9-10-11-17-29-24-14-12-13-22(18-24)23-15-16-26-25(19-23)27-20-21(2)28/h12-16,18-19,21,28H,3-11,17,20H2,1-2H3,(H,26,27). The lowest BCUT2D eigenvalue weighted by Crippen LogP contribution is -2.15. The van der Waals surface area contributed by atoms with E-state index in [0.29, 0.717) is 6.54 Å². The Morgan fingerprint density at radius 3 is 2.34 bits per heavy atom. The van der Waals surface area contributed by atoms with E-state index in [9.17, 15) is 5.11 Å². The highest BCUT2D eigenvalue weighted by atomic mass is 16.5. The van der Waals surface area contributed by atoms with Crippen LogP contribution in [0.4, 0.5) is 5.82 Å². The molecule has 1 unspecified atom stereocenters. The van der Waals surface area contributed by atoms with Crippen molar-refractivity contribution in [3.05, 3.63) is 42.6 Å². The van der Waals surface area contributed by atoms with Crippen molar-refractivity contribution >= 4 is 5.82 Å². The van der Waals surface area contributed by atoms with E-state index in [-0.39, 0.29) is 0 Å². The molecule has 1 aromatic heterocycles. The molecule has 1 aromatic carbocycles. The summed E-state index contributed by atoms with van der Waals surface area (Å²) >= 11 is 0. The summed E-state index contributed by atoms with van der Waals surface area (Å²) < 4.78 is 5.97. The first kappa shape index (κ1) is 23.2. The fraction of sp³-hybridized carbons (Fsp3) is 0.560. The van der Waals surface area contributed by atoms with Crippen LogP contribution < -0.4 is 10.1 Å². The third-order valence-electron chi connectivity index (χ3n) is 5.02. The highest BCUT2D eigenvalue weighted by Crippen LogP contribution is 2.25. The van der Waals surface area contributed by atoms with Crippen LogP contribution >= 0.6 is 0 Å². The van der Waals surface area contributed by atoms with Crippen molar-refractivity contribution in [2.24, 2.45) is 0 Å². The van der Waals surface area contributed by atoms with E-state index in [2.05, 4.69) is 29.4 Å². The predicted octanol–water partition coefficient (Wildman–Crippen LogP) is 6.45. The molecular formula is C25H38N2O2. The Kier molecular flexibility index (Phi) is 11.2. The summed E-state index contributed by atoms with van der Waals surface area (Å²) in [7, 11) is 0. The van der Waals surface area contributed by atoms with E-state index in [1.54, 1.807) is 13.1 Å². The fourth-order valence-electron chi connectivity index (χ4n) is 3.33. The number of nitrogens with zero attached hydrogens (tertiary/aromatic N) is 1. The lowest BCUT2D eigenvalue weighted by atomic mass is 10.1. The molecule has 0 fully saturated rings. The topological polar surface area (TPSA) is 54.4 Å². The first-order chi connectivity index (χ1) is 14.2. The summed E-state index contributed by atoms with van der Waals surface area (Å²) in [5.74, 6) is 1.68. The number of aliphatic hydroxyl groups is 1. The first-order valence-corrected chi connectivity index (χ1v) is 11.3. The lowest BCUT2D eigenvalue weighted by Gasteiger charge is -2.11. The fourth-order valence-corrected chi connectivity index (χ4v) is 3.33.